The molecular formula is C16H22N4. The van der Waals surface area contributed by atoms with Crippen molar-refractivity contribution in [3.8, 4) is 0 Å². The van der Waals surface area contributed by atoms with Crippen LogP contribution in [0.2, 0.25) is 0 Å². The van der Waals surface area contributed by atoms with Crippen molar-refractivity contribution in [2.24, 2.45) is 0 Å². The van der Waals surface area contributed by atoms with Crippen molar-refractivity contribution >= 4 is 5.82 Å². The highest BCUT2D eigenvalue weighted by molar-refractivity contribution is 5.34. The Balaban J connectivity index is 2.01. The number of nitrogens with zero attached hydrogens (tertiary/aromatic N) is 3. The third-order valence-electron chi connectivity index (χ3n) is 3.27. The first-order valence-corrected chi connectivity index (χ1v) is 6.99. The quantitative estimate of drug-likeness (QED) is 0.876. The van der Waals surface area contributed by atoms with Crippen LogP contribution in [-0.2, 0) is 13.1 Å². The normalized spacial score (nSPS) is 10.8. The fourth-order valence-electron chi connectivity index (χ4n) is 2.12. The molecule has 0 saturated heterocycles. The highest BCUT2D eigenvalue weighted by Gasteiger charge is 2.06. The lowest BCUT2D eigenvalue weighted by Gasteiger charge is -2.20. The third-order valence-corrected chi connectivity index (χ3v) is 3.27. The molecule has 20 heavy (non-hydrogen) atoms. The maximum absolute atomic E-state index is 4.56. The van der Waals surface area contributed by atoms with Gasteiger partial charge in [0.2, 0.25) is 0 Å². The van der Waals surface area contributed by atoms with E-state index in [2.05, 4.69) is 45.3 Å². The lowest BCUT2D eigenvalue weighted by Crippen LogP contribution is -2.23. The van der Waals surface area contributed by atoms with Gasteiger partial charge in [0.25, 0.3) is 0 Å². The van der Waals surface area contributed by atoms with Gasteiger partial charge in [-0.05, 0) is 37.2 Å². The first kappa shape index (κ1) is 14.5. The average Bonchev–Trinajstić information content (AvgIpc) is 2.47. The predicted octanol–water partition coefficient (Wildman–Crippen LogP) is 2.85. The number of hydrogen-bond acceptors (Lipinski definition) is 4. The summed E-state index contributed by atoms with van der Waals surface area (Å²) in [4.78, 5) is 11.3. The Morgan fingerprint density at radius 1 is 1.15 bits per heavy atom. The van der Waals surface area contributed by atoms with Gasteiger partial charge in [-0.25, -0.2) is 4.98 Å². The second-order valence-corrected chi connectivity index (χ2v) is 4.88. The first-order valence-electron chi connectivity index (χ1n) is 6.99. The Morgan fingerprint density at radius 3 is 2.60 bits per heavy atom. The second-order valence-electron chi connectivity index (χ2n) is 4.88. The summed E-state index contributed by atoms with van der Waals surface area (Å²) in [6.07, 6.45) is 1.93. The number of aromatic nitrogens is 2. The minimum atomic E-state index is 0.867. The molecule has 0 saturated carbocycles. The molecule has 2 aromatic heterocycles. The van der Waals surface area contributed by atoms with Gasteiger partial charge in [0, 0.05) is 32.0 Å². The Morgan fingerprint density at radius 2 is 2.00 bits per heavy atom. The van der Waals surface area contributed by atoms with Gasteiger partial charge in [-0.3, -0.25) is 9.88 Å². The van der Waals surface area contributed by atoms with Crippen molar-refractivity contribution in [2.45, 2.75) is 26.9 Å². The molecule has 2 aromatic rings. The van der Waals surface area contributed by atoms with Crippen LogP contribution in [-0.4, -0.2) is 28.5 Å². The van der Waals surface area contributed by atoms with Gasteiger partial charge in [0.05, 0.1) is 5.69 Å². The van der Waals surface area contributed by atoms with Crippen molar-refractivity contribution in [1.29, 1.82) is 0 Å². The molecule has 0 fully saturated rings. The maximum Gasteiger partial charge on any atom is 0.125 e. The zero-order valence-corrected chi connectivity index (χ0v) is 12.4. The number of aryl methyl sites for hydroxylation is 1. The van der Waals surface area contributed by atoms with Crippen molar-refractivity contribution in [3.63, 3.8) is 0 Å². The highest BCUT2D eigenvalue weighted by Crippen LogP contribution is 2.10. The van der Waals surface area contributed by atoms with Crippen LogP contribution in [0.15, 0.2) is 36.5 Å². The van der Waals surface area contributed by atoms with Gasteiger partial charge < -0.3 is 5.32 Å². The second kappa shape index (κ2) is 7.01. The standard InChI is InChI=1S/C16H22N4/c1-4-20(12-15-7-5-6-13(2)19-15)11-14-8-9-16(17-3)18-10-14/h5-10H,4,11-12H2,1-3H3,(H,17,18). The molecule has 0 radical (unpaired) electrons. The SMILES string of the molecule is CCN(Cc1ccc(NC)nc1)Cc1cccc(C)n1. The molecule has 106 valence electrons. The summed E-state index contributed by atoms with van der Waals surface area (Å²) < 4.78 is 0. The summed E-state index contributed by atoms with van der Waals surface area (Å²) in [5, 5.41) is 3.03. The Labute approximate surface area is 120 Å². The van der Waals surface area contributed by atoms with Crippen LogP contribution in [0.3, 0.4) is 0 Å². The van der Waals surface area contributed by atoms with Crippen LogP contribution in [0.1, 0.15) is 23.9 Å². The van der Waals surface area contributed by atoms with Crippen molar-refractivity contribution in [1.82, 2.24) is 14.9 Å². The number of hydrogen-bond donors (Lipinski definition) is 1. The fourth-order valence-corrected chi connectivity index (χ4v) is 2.12. The molecule has 0 amide bonds. The van der Waals surface area contributed by atoms with Gasteiger partial charge in [-0.15, -0.1) is 0 Å². The van der Waals surface area contributed by atoms with E-state index in [-0.39, 0.29) is 0 Å². The van der Waals surface area contributed by atoms with E-state index in [1.807, 2.05) is 32.3 Å². The topological polar surface area (TPSA) is 41.0 Å². The minimum absolute atomic E-state index is 0.867. The molecule has 0 bridgehead atoms. The van der Waals surface area contributed by atoms with Crippen LogP contribution in [0, 0.1) is 6.92 Å². The van der Waals surface area contributed by atoms with Gasteiger partial charge in [-0.2, -0.15) is 0 Å². The van der Waals surface area contributed by atoms with Crippen LogP contribution in [0.5, 0.6) is 0 Å². The smallest absolute Gasteiger partial charge is 0.125 e. The summed E-state index contributed by atoms with van der Waals surface area (Å²) in [7, 11) is 1.88. The largest absolute Gasteiger partial charge is 0.373 e. The Kier molecular flexibility index (Phi) is 5.07. The van der Waals surface area contributed by atoms with Gasteiger partial charge in [-0.1, -0.05) is 19.1 Å². The molecule has 0 unspecified atom stereocenters. The van der Waals surface area contributed by atoms with E-state index in [9.17, 15) is 0 Å². The average molecular weight is 270 g/mol. The molecule has 2 heterocycles. The number of nitrogens with one attached hydrogen (secondary N) is 1. The molecule has 0 aliphatic rings. The van der Waals surface area contributed by atoms with E-state index >= 15 is 0 Å². The van der Waals surface area contributed by atoms with E-state index in [4.69, 9.17) is 0 Å². The molecule has 0 aromatic carbocycles. The lowest BCUT2D eigenvalue weighted by molar-refractivity contribution is 0.267. The summed E-state index contributed by atoms with van der Waals surface area (Å²) in [5.41, 5.74) is 3.41. The number of pyridine rings is 2. The van der Waals surface area contributed by atoms with Crippen LogP contribution in [0.25, 0.3) is 0 Å². The monoisotopic (exact) mass is 270 g/mol. The Hall–Kier alpha value is -1.94. The minimum Gasteiger partial charge on any atom is -0.373 e. The third kappa shape index (κ3) is 4.03. The lowest BCUT2D eigenvalue weighted by atomic mass is 10.2. The molecule has 4 heteroatoms. The Bertz CT molecular complexity index is 536. The van der Waals surface area contributed by atoms with Gasteiger partial charge in [0.15, 0.2) is 0 Å². The highest BCUT2D eigenvalue weighted by atomic mass is 15.1. The first-order chi connectivity index (χ1) is 9.71. The molecule has 0 spiro atoms. The van der Waals surface area contributed by atoms with Crippen LogP contribution in [0.4, 0.5) is 5.82 Å². The fraction of sp³-hybridized carbons (Fsp3) is 0.375. The molecule has 4 nitrogen and oxygen atoms in total. The summed E-state index contributed by atoms with van der Waals surface area (Å²) in [5.74, 6) is 0.900. The zero-order valence-electron chi connectivity index (χ0n) is 12.4. The van der Waals surface area contributed by atoms with Gasteiger partial charge >= 0.3 is 0 Å². The maximum atomic E-state index is 4.56. The molecular weight excluding hydrogens is 248 g/mol. The predicted molar refractivity (Wildman–Crippen MR) is 82.5 cm³/mol. The van der Waals surface area contributed by atoms with E-state index < -0.39 is 0 Å². The van der Waals surface area contributed by atoms with E-state index in [0.717, 1.165) is 36.8 Å². The van der Waals surface area contributed by atoms with E-state index in [1.54, 1.807) is 0 Å². The zero-order chi connectivity index (χ0) is 14.4. The molecule has 1 N–H and O–H groups in total. The van der Waals surface area contributed by atoms with Crippen molar-refractivity contribution in [2.75, 3.05) is 18.9 Å². The van der Waals surface area contributed by atoms with Gasteiger partial charge in [0.1, 0.15) is 5.82 Å². The van der Waals surface area contributed by atoms with Crippen molar-refractivity contribution in [3.05, 3.63) is 53.5 Å². The molecule has 2 rings (SSSR count). The number of rotatable bonds is 6. The summed E-state index contributed by atoms with van der Waals surface area (Å²) in [6.45, 7) is 6.95. The number of anilines is 1. The van der Waals surface area contributed by atoms with Crippen LogP contribution < -0.4 is 5.32 Å². The summed E-state index contributed by atoms with van der Waals surface area (Å²) >= 11 is 0. The summed E-state index contributed by atoms with van der Waals surface area (Å²) in [6, 6.07) is 10.3. The van der Waals surface area contributed by atoms with E-state index in [1.165, 1.54) is 5.56 Å². The molecule has 0 aliphatic heterocycles. The molecule has 0 aliphatic carbocycles. The van der Waals surface area contributed by atoms with Crippen LogP contribution >= 0.6 is 0 Å². The molecule has 0 atom stereocenters. The van der Waals surface area contributed by atoms with E-state index in [0.29, 0.717) is 0 Å². The van der Waals surface area contributed by atoms with Crippen molar-refractivity contribution < 1.29 is 0 Å².